The second-order valence-corrected chi connectivity index (χ2v) is 7.68. The highest BCUT2D eigenvalue weighted by Crippen LogP contribution is 2.32. The maximum Gasteiger partial charge on any atom is 0.137 e. The van der Waals surface area contributed by atoms with Gasteiger partial charge in [-0.15, -0.1) is 11.3 Å². The van der Waals surface area contributed by atoms with Crippen molar-refractivity contribution in [3.63, 3.8) is 0 Å². The van der Waals surface area contributed by atoms with Gasteiger partial charge in [0.15, 0.2) is 0 Å². The van der Waals surface area contributed by atoms with E-state index < -0.39 is 0 Å². The maximum absolute atomic E-state index is 6.25. The number of hydrogen-bond donors (Lipinski definition) is 1. The first-order valence-corrected chi connectivity index (χ1v) is 8.80. The summed E-state index contributed by atoms with van der Waals surface area (Å²) in [5.74, 6) is 0.713. The Morgan fingerprint density at radius 1 is 1.35 bits per heavy atom. The van der Waals surface area contributed by atoms with Crippen molar-refractivity contribution >= 4 is 45.5 Å². The van der Waals surface area contributed by atoms with Crippen LogP contribution in [0.3, 0.4) is 0 Å². The zero-order valence-corrected chi connectivity index (χ0v) is 15.2. The van der Waals surface area contributed by atoms with Crippen LogP contribution in [0.4, 0.5) is 0 Å². The molecule has 20 heavy (non-hydrogen) atoms. The molecule has 0 aliphatic rings. The summed E-state index contributed by atoms with van der Waals surface area (Å²) in [7, 11) is 1.63. The fourth-order valence-electron chi connectivity index (χ4n) is 2.05. The molecule has 1 aromatic carbocycles. The van der Waals surface area contributed by atoms with Crippen LogP contribution in [0, 0.1) is 2.88 Å². The quantitative estimate of drug-likeness (QED) is 0.655. The lowest BCUT2D eigenvalue weighted by atomic mass is 10.0. The number of halogens is 2. The largest absolute Gasteiger partial charge is 0.495 e. The van der Waals surface area contributed by atoms with Crippen molar-refractivity contribution < 1.29 is 4.74 Å². The first kappa shape index (κ1) is 16.1. The molecule has 2 nitrogen and oxygen atoms in total. The molecular formula is C15H17ClINOS. The summed E-state index contributed by atoms with van der Waals surface area (Å²) in [4.78, 5) is 0. The molecule has 108 valence electrons. The minimum atomic E-state index is 0.179. The standard InChI is InChI=1S/C15H17ClINOS/c1-3-6-18-15(11-8-14(17)20-9-11)10-4-5-13(19-2)12(16)7-10/h4-5,7-9,15,18H,3,6H2,1-2H3. The van der Waals surface area contributed by atoms with Gasteiger partial charge in [0.25, 0.3) is 0 Å². The first-order chi connectivity index (χ1) is 9.65. The molecule has 0 saturated carbocycles. The van der Waals surface area contributed by atoms with E-state index in [-0.39, 0.29) is 6.04 Å². The summed E-state index contributed by atoms with van der Waals surface area (Å²) >= 11 is 10.4. The van der Waals surface area contributed by atoms with Gasteiger partial charge in [0.05, 0.1) is 21.1 Å². The summed E-state index contributed by atoms with van der Waals surface area (Å²) in [5, 5.41) is 6.44. The Hall–Kier alpha value is -0.300. The normalized spacial score (nSPS) is 12.4. The van der Waals surface area contributed by atoms with Crippen molar-refractivity contribution in [2.45, 2.75) is 19.4 Å². The summed E-state index contributed by atoms with van der Waals surface area (Å²) in [6.07, 6.45) is 1.10. The second kappa shape index (κ2) is 7.64. The number of rotatable bonds is 6. The molecule has 0 aliphatic heterocycles. The zero-order chi connectivity index (χ0) is 14.5. The van der Waals surface area contributed by atoms with E-state index in [1.165, 1.54) is 14.0 Å². The summed E-state index contributed by atoms with van der Waals surface area (Å²) in [5.41, 5.74) is 2.45. The molecule has 0 fully saturated rings. The predicted molar refractivity (Wildman–Crippen MR) is 95.2 cm³/mol. The Morgan fingerprint density at radius 2 is 2.15 bits per heavy atom. The van der Waals surface area contributed by atoms with Gasteiger partial charge in [-0.3, -0.25) is 0 Å². The highest BCUT2D eigenvalue weighted by molar-refractivity contribution is 14.1. The third kappa shape index (κ3) is 3.87. The first-order valence-electron chi connectivity index (χ1n) is 6.46. The minimum Gasteiger partial charge on any atom is -0.495 e. The molecule has 0 saturated heterocycles. The average Bonchev–Trinajstić information content (AvgIpc) is 2.86. The lowest BCUT2D eigenvalue weighted by molar-refractivity contribution is 0.414. The number of methoxy groups -OCH3 is 1. The third-order valence-corrected chi connectivity index (χ3v) is 5.13. The van der Waals surface area contributed by atoms with E-state index in [0.717, 1.165) is 13.0 Å². The second-order valence-electron chi connectivity index (χ2n) is 4.47. The number of hydrogen-bond acceptors (Lipinski definition) is 3. The van der Waals surface area contributed by atoms with E-state index in [2.05, 4.69) is 52.3 Å². The molecule has 0 aliphatic carbocycles. The SMILES string of the molecule is CCCNC(c1csc(I)c1)c1ccc(OC)c(Cl)c1. The highest BCUT2D eigenvalue weighted by Gasteiger charge is 2.16. The van der Waals surface area contributed by atoms with Crippen molar-refractivity contribution in [2.24, 2.45) is 0 Å². The van der Waals surface area contributed by atoms with E-state index in [4.69, 9.17) is 16.3 Å². The van der Waals surface area contributed by atoms with Crippen LogP contribution in [0.2, 0.25) is 5.02 Å². The fraction of sp³-hybridized carbons (Fsp3) is 0.333. The molecule has 1 heterocycles. The molecular weight excluding hydrogens is 405 g/mol. The van der Waals surface area contributed by atoms with Gasteiger partial charge in [-0.25, -0.2) is 0 Å². The summed E-state index contributed by atoms with van der Waals surface area (Å²) in [6.45, 7) is 3.14. The van der Waals surface area contributed by atoms with E-state index >= 15 is 0 Å². The smallest absolute Gasteiger partial charge is 0.137 e. The molecule has 2 aromatic rings. The Bertz CT molecular complexity index is 573. The van der Waals surface area contributed by atoms with Crippen molar-refractivity contribution in [3.05, 3.63) is 48.7 Å². The Balaban J connectivity index is 2.33. The number of thiophene rings is 1. The molecule has 0 bridgehead atoms. The van der Waals surface area contributed by atoms with E-state index in [9.17, 15) is 0 Å². The number of benzene rings is 1. The van der Waals surface area contributed by atoms with Gasteiger partial charge >= 0.3 is 0 Å². The lowest BCUT2D eigenvalue weighted by Crippen LogP contribution is -2.22. The molecule has 2 rings (SSSR count). The van der Waals surface area contributed by atoms with E-state index in [1.807, 2.05) is 12.1 Å². The average molecular weight is 422 g/mol. The van der Waals surface area contributed by atoms with Gasteiger partial charge in [0, 0.05) is 0 Å². The molecule has 1 aromatic heterocycles. The van der Waals surface area contributed by atoms with Crippen LogP contribution in [0.1, 0.15) is 30.5 Å². The van der Waals surface area contributed by atoms with Crippen molar-refractivity contribution in [2.75, 3.05) is 13.7 Å². The van der Waals surface area contributed by atoms with Gasteiger partial charge in [0.2, 0.25) is 0 Å². The van der Waals surface area contributed by atoms with Gasteiger partial charge in [-0.1, -0.05) is 24.6 Å². The highest BCUT2D eigenvalue weighted by atomic mass is 127. The van der Waals surface area contributed by atoms with Crippen LogP contribution in [0.25, 0.3) is 0 Å². The summed E-state index contributed by atoms with van der Waals surface area (Å²) < 4.78 is 6.51. The maximum atomic E-state index is 6.25. The lowest BCUT2D eigenvalue weighted by Gasteiger charge is -2.19. The molecule has 0 radical (unpaired) electrons. The molecule has 1 atom stereocenters. The van der Waals surface area contributed by atoms with Gasteiger partial charge < -0.3 is 10.1 Å². The van der Waals surface area contributed by atoms with Crippen molar-refractivity contribution in [1.29, 1.82) is 0 Å². The third-order valence-electron chi connectivity index (χ3n) is 3.03. The van der Waals surface area contributed by atoms with Crippen LogP contribution in [-0.4, -0.2) is 13.7 Å². The topological polar surface area (TPSA) is 21.3 Å². The van der Waals surface area contributed by atoms with Gasteiger partial charge in [-0.05, 0) is 70.3 Å². The van der Waals surface area contributed by atoms with Crippen molar-refractivity contribution in [3.8, 4) is 5.75 Å². The van der Waals surface area contributed by atoms with E-state index in [1.54, 1.807) is 18.4 Å². The van der Waals surface area contributed by atoms with Gasteiger partial charge in [0.1, 0.15) is 5.75 Å². The Labute approximate surface area is 142 Å². The molecule has 5 heteroatoms. The van der Waals surface area contributed by atoms with Gasteiger partial charge in [-0.2, -0.15) is 0 Å². The van der Waals surface area contributed by atoms with Crippen molar-refractivity contribution in [1.82, 2.24) is 5.32 Å². The monoisotopic (exact) mass is 421 g/mol. The predicted octanol–water partition coefficient (Wildman–Crippen LogP) is 5.10. The zero-order valence-electron chi connectivity index (χ0n) is 11.5. The molecule has 0 spiro atoms. The Kier molecular flexibility index (Phi) is 6.14. The molecule has 0 amide bonds. The fourth-order valence-corrected chi connectivity index (χ4v) is 3.72. The minimum absolute atomic E-state index is 0.179. The number of nitrogens with one attached hydrogen (secondary N) is 1. The van der Waals surface area contributed by atoms with Crippen LogP contribution in [0.15, 0.2) is 29.6 Å². The molecule has 1 N–H and O–H groups in total. The summed E-state index contributed by atoms with van der Waals surface area (Å²) in [6, 6.07) is 8.38. The Morgan fingerprint density at radius 3 is 2.70 bits per heavy atom. The van der Waals surface area contributed by atoms with Crippen LogP contribution >= 0.6 is 45.5 Å². The van der Waals surface area contributed by atoms with Crippen LogP contribution in [-0.2, 0) is 0 Å². The molecule has 1 unspecified atom stereocenters. The van der Waals surface area contributed by atoms with Crippen LogP contribution in [0.5, 0.6) is 5.75 Å². The number of ether oxygens (including phenoxy) is 1. The van der Waals surface area contributed by atoms with Crippen LogP contribution < -0.4 is 10.1 Å². The van der Waals surface area contributed by atoms with E-state index in [0.29, 0.717) is 10.8 Å².